The number of amides is 1. The lowest BCUT2D eigenvalue weighted by molar-refractivity contribution is -0.131. The van der Waals surface area contributed by atoms with Crippen molar-refractivity contribution in [1.82, 2.24) is 19.7 Å². The number of hydrogen-bond donors (Lipinski definition) is 0. The van der Waals surface area contributed by atoms with Gasteiger partial charge < -0.3 is 9.64 Å². The molecule has 0 spiro atoms. The van der Waals surface area contributed by atoms with Gasteiger partial charge in [0.1, 0.15) is 5.75 Å². The monoisotopic (exact) mass is 404 g/mol. The molecular formula is C24H28N4O2. The van der Waals surface area contributed by atoms with E-state index in [0.29, 0.717) is 13.0 Å². The normalized spacial score (nSPS) is 16.1. The topological polar surface area (TPSA) is 60.2 Å². The van der Waals surface area contributed by atoms with E-state index in [2.05, 4.69) is 11.9 Å². The summed E-state index contributed by atoms with van der Waals surface area (Å²) in [5.41, 5.74) is 5.30. The summed E-state index contributed by atoms with van der Waals surface area (Å²) in [7, 11) is 1.94. The molecule has 2 aromatic heterocycles. The average Bonchev–Trinajstić information content (AvgIpc) is 3.36. The Labute approximate surface area is 177 Å². The van der Waals surface area contributed by atoms with Crippen LogP contribution in [0.2, 0.25) is 0 Å². The molecule has 6 nitrogen and oxygen atoms in total. The second-order valence-electron chi connectivity index (χ2n) is 7.79. The largest absolute Gasteiger partial charge is 0.494 e. The minimum Gasteiger partial charge on any atom is -0.494 e. The number of benzene rings is 1. The van der Waals surface area contributed by atoms with Crippen LogP contribution in [0.15, 0.2) is 48.9 Å². The number of nitrogens with zero attached hydrogens (tertiary/aromatic N) is 4. The summed E-state index contributed by atoms with van der Waals surface area (Å²) in [4.78, 5) is 19.4. The van der Waals surface area contributed by atoms with Crippen LogP contribution in [-0.4, -0.2) is 38.7 Å². The molecule has 1 aromatic carbocycles. The van der Waals surface area contributed by atoms with Crippen molar-refractivity contribution in [3.8, 4) is 16.9 Å². The molecule has 156 valence electrons. The average molecular weight is 405 g/mol. The molecule has 0 N–H and O–H groups in total. The minimum absolute atomic E-state index is 0.00367. The smallest absolute Gasteiger partial charge is 0.227 e. The van der Waals surface area contributed by atoms with Crippen molar-refractivity contribution < 1.29 is 9.53 Å². The van der Waals surface area contributed by atoms with Gasteiger partial charge in [-0.1, -0.05) is 12.1 Å². The predicted octanol–water partition coefficient (Wildman–Crippen LogP) is 4.10. The van der Waals surface area contributed by atoms with Crippen LogP contribution in [0.1, 0.15) is 42.6 Å². The number of likely N-dealkylation sites (tertiary alicyclic amines) is 1. The van der Waals surface area contributed by atoms with Gasteiger partial charge in [-0.25, -0.2) is 0 Å². The van der Waals surface area contributed by atoms with E-state index >= 15 is 0 Å². The van der Waals surface area contributed by atoms with Crippen molar-refractivity contribution >= 4 is 5.91 Å². The van der Waals surface area contributed by atoms with Crippen molar-refractivity contribution in [2.75, 3.05) is 13.2 Å². The summed E-state index contributed by atoms with van der Waals surface area (Å²) >= 11 is 0. The molecule has 1 amide bonds. The lowest BCUT2D eigenvalue weighted by atomic mass is 9.98. The first-order valence-electron chi connectivity index (χ1n) is 10.5. The van der Waals surface area contributed by atoms with Crippen LogP contribution in [0, 0.1) is 6.92 Å². The molecule has 1 fully saturated rings. The third-order valence-corrected chi connectivity index (χ3v) is 5.65. The van der Waals surface area contributed by atoms with E-state index in [0.717, 1.165) is 53.1 Å². The highest BCUT2D eigenvalue weighted by molar-refractivity contribution is 5.80. The van der Waals surface area contributed by atoms with Gasteiger partial charge >= 0.3 is 0 Å². The van der Waals surface area contributed by atoms with Crippen LogP contribution in [0.25, 0.3) is 11.1 Å². The summed E-state index contributed by atoms with van der Waals surface area (Å²) in [6.45, 7) is 5.43. The first-order valence-corrected chi connectivity index (χ1v) is 10.5. The molecule has 1 aliphatic rings. The molecule has 0 bridgehead atoms. The first kappa shape index (κ1) is 20.1. The van der Waals surface area contributed by atoms with Crippen LogP contribution >= 0.6 is 0 Å². The highest BCUT2D eigenvalue weighted by Gasteiger charge is 2.33. The second-order valence-corrected chi connectivity index (χ2v) is 7.79. The Balaban J connectivity index is 1.57. The van der Waals surface area contributed by atoms with Gasteiger partial charge in [0, 0.05) is 37.7 Å². The van der Waals surface area contributed by atoms with E-state index < -0.39 is 0 Å². The number of rotatable bonds is 6. The number of carbonyl (C=O) groups excluding carboxylic acids is 1. The van der Waals surface area contributed by atoms with Gasteiger partial charge in [-0.05, 0) is 61.6 Å². The fourth-order valence-electron chi connectivity index (χ4n) is 4.23. The molecular weight excluding hydrogens is 376 g/mol. The van der Waals surface area contributed by atoms with E-state index in [1.165, 1.54) is 0 Å². The molecule has 6 heteroatoms. The van der Waals surface area contributed by atoms with E-state index in [1.807, 2.05) is 72.5 Å². The number of aromatic nitrogens is 3. The molecule has 1 aliphatic heterocycles. The molecule has 30 heavy (non-hydrogen) atoms. The van der Waals surface area contributed by atoms with E-state index in [4.69, 9.17) is 9.84 Å². The van der Waals surface area contributed by atoms with Crippen molar-refractivity contribution in [2.24, 2.45) is 7.05 Å². The van der Waals surface area contributed by atoms with Gasteiger partial charge in [0.25, 0.3) is 0 Å². The molecule has 0 radical (unpaired) electrons. The zero-order chi connectivity index (χ0) is 21.1. The van der Waals surface area contributed by atoms with Crippen LogP contribution in [0.5, 0.6) is 5.75 Å². The number of pyridine rings is 1. The number of hydrogen-bond acceptors (Lipinski definition) is 4. The van der Waals surface area contributed by atoms with Crippen LogP contribution in [0.3, 0.4) is 0 Å². The SMILES string of the molecule is CCOc1ccc(CC(=O)N2CCC[C@H]2c2nn(C)cc2-c2ccncc2C)cc1. The van der Waals surface area contributed by atoms with E-state index in [1.54, 1.807) is 0 Å². The number of aryl methyl sites for hydroxylation is 2. The van der Waals surface area contributed by atoms with Gasteiger partial charge in [0.2, 0.25) is 5.91 Å². The summed E-state index contributed by atoms with van der Waals surface area (Å²) in [6, 6.07) is 9.83. The maximum absolute atomic E-state index is 13.2. The zero-order valence-corrected chi connectivity index (χ0v) is 17.8. The highest BCUT2D eigenvalue weighted by atomic mass is 16.5. The van der Waals surface area contributed by atoms with Crippen molar-refractivity contribution in [2.45, 2.75) is 39.2 Å². The Kier molecular flexibility index (Phi) is 5.84. The Bertz CT molecular complexity index is 1030. The van der Waals surface area contributed by atoms with Crippen molar-refractivity contribution in [3.05, 3.63) is 65.7 Å². The number of ether oxygens (including phenoxy) is 1. The molecule has 0 saturated carbocycles. The predicted molar refractivity (Wildman–Crippen MR) is 116 cm³/mol. The maximum Gasteiger partial charge on any atom is 0.227 e. The van der Waals surface area contributed by atoms with Gasteiger partial charge in [-0.2, -0.15) is 5.10 Å². The maximum atomic E-state index is 13.2. The quantitative estimate of drug-likeness (QED) is 0.621. The lowest BCUT2D eigenvalue weighted by Crippen LogP contribution is -2.32. The summed E-state index contributed by atoms with van der Waals surface area (Å²) in [5, 5.41) is 4.77. The third-order valence-electron chi connectivity index (χ3n) is 5.65. The summed E-state index contributed by atoms with van der Waals surface area (Å²) < 4.78 is 7.34. The van der Waals surface area contributed by atoms with Gasteiger partial charge in [-0.3, -0.25) is 14.5 Å². The highest BCUT2D eigenvalue weighted by Crippen LogP contribution is 2.38. The van der Waals surface area contributed by atoms with Crippen LogP contribution in [-0.2, 0) is 18.3 Å². The van der Waals surface area contributed by atoms with Crippen molar-refractivity contribution in [3.63, 3.8) is 0 Å². The van der Waals surface area contributed by atoms with Crippen LogP contribution < -0.4 is 4.74 Å². The van der Waals surface area contributed by atoms with Gasteiger partial charge in [0.05, 0.1) is 24.8 Å². The summed E-state index contributed by atoms with van der Waals surface area (Å²) in [6.07, 6.45) is 8.04. The molecule has 0 aliphatic carbocycles. The lowest BCUT2D eigenvalue weighted by Gasteiger charge is -2.24. The zero-order valence-electron chi connectivity index (χ0n) is 17.8. The minimum atomic E-state index is 0.00367. The van der Waals surface area contributed by atoms with Gasteiger partial charge in [-0.15, -0.1) is 0 Å². The molecule has 3 heterocycles. The first-order chi connectivity index (χ1) is 14.6. The van der Waals surface area contributed by atoms with E-state index in [-0.39, 0.29) is 11.9 Å². The Morgan fingerprint density at radius 1 is 1.20 bits per heavy atom. The molecule has 1 saturated heterocycles. The second kappa shape index (κ2) is 8.69. The molecule has 4 rings (SSSR count). The van der Waals surface area contributed by atoms with Crippen molar-refractivity contribution in [1.29, 1.82) is 0 Å². The summed E-state index contributed by atoms with van der Waals surface area (Å²) in [5.74, 6) is 0.975. The molecule has 3 aromatic rings. The molecule has 1 atom stereocenters. The van der Waals surface area contributed by atoms with Crippen LogP contribution in [0.4, 0.5) is 0 Å². The number of carbonyl (C=O) groups is 1. The van der Waals surface area contributed by atoms with Gasteiger partial charge in [0.15, 0.2) is 0 Å². The Hall–Kier alpha value is -3.15. The fourth-order valence-corrected chi connectivity index (χ4v) is 4.23. The Morgan fingerprint density at radius 2 is 2.00 bits per heavy atom. The molecule has 0 unspecified atom stereocenters. The standard InChI is InChI=1S/C24H28N4O2/c1-4-30-19-9-7-18(8-10-19)14-23(29)28-13-5-6-22(28)24-21(16-27(3)26-24)20-11-12-25-15-17(20)2/h7-12,15-16,22H,4-6,13-14H2,1-3H3/t22-/m0/s1. The third kappa shape index (κ3) is 4.08. The van der Waals surface area contributed by atoms with E-state index in [9.17, 15) is 4.79 Å². The Morgan fingerprint density at radius 3 is 2.73 bits per heavy atom. The fraction of sp³-hybridized carbons (Fsp3) is 0.375.